The van der Waals surface area contributed by atoms with Gasteiger partial charge in [0.2, 0.25) is 0 Å². The van der Waals surface area contributed by atoms with Crippen molar-refractivity contribution in [3.05, 3.63) is 40.2 Å². The molecule has 0 bridgehead atoms. The van der Waals surface area contributed by atoms with Crippen LogP contribution in [0.1, 0.15) is 10.6 Å². The fraction of sp³-hybridized carbons (Fsp3) is 0.250. The van der Waals surface area contributed by atoms with Gasteiger partial charge in [-0.25, -0.2) is 4.98 Å². The number of rotatable bonds is 3. The summed E-state index contributed by atoms with van der Waals surface area (Å²) in [5.74, 6) is 0. The minimum atomic E-state index is 0.844. The second-order valence-electron chi connectivity index (χ2n) is 3.47. The molecule has 15 heavy (non-hydrogen) atoms. The fourth-order valence-electron chi connectivity index (χ4n) is 1.53. The lowest BCUT2D eigenvalue weighted by Crippen LogP contribution is -2.04. The highest BCUT2D eigenvalue weighted by atomic mass is 32.1. The summed E-state index contributed by atoms with van der Waals surface area (Å²) in [5, 5.41) is 6.37. The number of thiazole rings is 1. The zero-order valence-electron chi connectivity index (χ0n) is 8.95. The molecule has 0 aliphatic heterocycles. The van der Waals surface area contributed by atoms with Crippen LogP contribution in [0.4, 0.5) is 0 Å². The van der Waals surface area contributed by atoms with Crippen molar-refractivity contribution < 1.29 is 0 Å². The van der Waals surface area contributed by atoms with E-state index in [0.29, 0.717) is 0 Å². The third-order valence-electron chi connectivity index (χ3n) is 2.30. The molecule has 3 heteroatoms. The molecule has 0 atom stereocenters. The van der Waals surface area contributed by atoms with Gasteiger partial charge in [-0.15, -0.1) is 11.3 Å². The van der Waals surface area contributed by atoms with Crippen molar-refractivity contribution >= 4 is 11.3 Å². The maximum absolute atomic E-state index is 4.59. The maximum atomic E-state index is 4.59. The number of hydrogen-bond acceptors (Lipinski definition) is 3. The van der Waals surface area contributed by atoms with Gasteiger partial charge in [-0.05, 0) is 19.5 Å². The molecule has 2 nitrogen and oxygen atoms in total. The molecule has 0 unspecified atom stereocenters. The summed E-state index contributed by atoms with van der Waals surface area (Å²) in [7, 11) is 1.94. The van der Waals surface area contributed by atoms with Gasteiger partial charge in [0.05, 0.1) is 5.69 Å². The molecule has 2 rings (SSSR count). The zero-order chi connectivity index (χ0) is 10.7. The minimum Gasteiger partial charge on any atom is -0.314 e. The van der Waals surface area contributed by atoms with Gasteiger partial charge in [0, 0.05) is 17.5 Å². The zero-order valence-corrected chi connectivity index (χ0v) is 9.77. The first-order valence-corrected chi connectivity index (χ1v) is 5.84. The van der Waals surface area contributed by atoms with Crippen LogP contribution in [0.25, 0.3) is 11.3 Å². The molecule has 1 N–H and O–H groups in total. The number of aryl methyl sites for hydroxylation is 1. The molecule has 0 aliphatic rings. The van der Waals surface area contributed by atoms with Crippen molar-refractivity contribution in [3.8, 4) is 11.3 Å². The van der Waals surface area contributed by atoms with E-state index in [1.165, 1.54) is 11.1 Å². The molecular formula is C12H14N2S. The third kappa shape index (κ3) is 2.25. The second-order valence-corrected chi connectivity index (χ2v) is 4.41. The van der Waals surface area contributed by atoms with Crippen LogP contribution in [0.3, 0.4) is 0 Å². The van der Waals surface area contributed by atoms with Gasteiger partial charge < -0.3 is 5.32 Å². The first-order valence-electron chi connectivity index (χ1n) is 4.96. The van der Waals surface area contributed by atoms with Gasteiger partial charge in [0.25, 0.3) is 0 Å². The number of benzene rings is 1. The quantitative estimate of drug-likeness (QED) is 0.857. The minimum absolute atomic E-state index is 0.844. The van der Waals surface area contributed by atoms with E-state index in [2.05, 4.69) is 46.9 Å². The number of hydrogen-bond donors (Lipinski definition) is 1. The molecule has 1 aromatic carbocycles. The summed E-state index contributed by atoms with van der Waals surface area (Å²) in [6.45, 7) is 2.96. The molecule has 0 aliphatic carbocycles. The Morgan fingerprint density at radius 3 is 2.87 bits per heavy atom. The van der Waals surface area contributed by atoms with Gasteiger partial charge in [0.1, 0.15) is 5.01 Å². The Morgan fingerprint density at radius 1 is 1.33 bits per heavy atom. The van der Waals surface area contributed by atoms with Gasteiger partial charge in [-0.3, -0.25) is 0 Å². The molecule has 78 valence electrons. The average Bonchev–Trinajstić information content (AvgIpc) is 2.68. The third-order valence-corrected chi connectivity index (χ3v) is 3.15. The van der Waals surface area contributed by atoms with Crippen LogP contribution in [0.15, 0.2) is 29.6 Å². The normalized spacial score (nSPS) is 10.5. The highest BCUT2D eigenvalue weighted by Gasteiger charge is 2.05. The van der Waals surface area contributed by atoms with Crippen molar-refractivity contribution in [2.75, 3.05) is 7.05 Å². The van der Waals surface area contributed by atoms with E-state index < -0.39 is 0 Å². The van der Waals surface area contributed by atoms with Crippen molar-refractivity contribution in [1.29, 1.82) is 0 Å². The second kappa shape index (κ2) is 4.55. The number of nitrogens with one attached hydrogen (secondary N) is 1. The Bertz CT molecular complexity index is 448. The van der Waals surface area contributed by atoms with Crippen LogP contribution in [0, 0.1) is 6.92 Å². The van der Waals surface area contributed by atoms with Crippen LogP contribution in [-0.2, 0) is 6.54 Å². The van der Waals surface area contributed by atoms with E-state index in [0.717, 1.165) is 17.2 Å². The van der Waals surface area contributed by atoms with E-state index >= 15 is 0 Å². The first kappa shape index (κ1) is 10.3. The van der Waals surface area contributed by atoms with Crippen LogP contribution < -0.4 is 5.32 Å². The van der Waals surface area contributed by atoms with Crippen molar-refractivity contribution in [2.45, 2.75) is 13.5 Å². The Morgan fingerprint density at radius 2 is 2.13 bits per heavy atom. The molecule has 0 radical (unpaired) electrons. The number of nitrogens with zero attached hydrogens (tertiary/aromatic N) is 1. The number of aromatic nitrogens is 1. The van der Waals surface area contributed by atoms with Crippen LogP contribution in [-0.4, -0.2) is 12.0 Å². The standard InChI is InChI=1S/C12H14N2S/c1-9-5-3-4-6-10(9)11-8-15-12(14-11)7-13-2/h3-6,8,13H,7H2,1-2H3. The molecule has 2 aromatic rings. The van der Waals surface area contributed by atoms with E-state index in [1.807, 2.05) is 7.05 Å². The van der Waals surface area contributed by atoms with Gasteiger partial charge in [-0.1, -0.05) is 24.3 Å². The van der Waals surface area contributed by atoms with Crippen molar-refractivity contribution in [2.24, 2.45) is 0 Å². The Labute approximate surface area is 94.0 Å². The first-order chi connectivity index (χ1) is 7.31. The summed E-state index contributed by atoms with van der Waals surface area (Å²) in [6, 6.07) is 8.35. The molecule has 0 amide bonds. The Kier molecular flexibility index (Phi) is 3.14. The summed E-state index contributed by atoms with van der Waals surface area (Å²) in [4.78, 5) is 4.59. The van der Waals surface area contributed by atoms with E-state index in [4.69, 9.17) is 0 Å². The average molecular weight is 218 g/mol. The van der Waals surface area contributed by atoms with E-state index in [9.17, 15) is 0 Å². The maximum Gasteiger partial charge on any atom is 0.107 e. The van der Waals surface area contributed by atoms with E-state index in [1.54, 1.807) is 11.3 Å². The largest absolute Gasteiger partial charge is 0.314 e. The Balaban J connectivity index is 2.33. The lowest BCUT2D eigenvalue weighted by Gasteiger charge is -2.00. The molecule has 0 spiro atoms. The smallest absolute Gasteiger partial charge is 0.107 e. The molecule has 1 aromatic heterocycles. The summed E-state index contributed by atoms with van der Waals surface area (Å²) >= 11 is 1.70. The fourth-order valence-corrected chi connectivity index (χ4v) is 2.33. The molecule has 0 saturated carbocycles. The molecule has 0 saturated heterocycles. The van der Waals surface area contributed by atoms with Gasteiger partial charge in [-0.2, -0.15) is 0 Å². The van der Waals surface area contributed by atoms with Crippen LogP contribution in [0.5, 0.6) is 0 Å². The predicted octanol–water partition coefficient (Wildman–Crippen LogP) is 2.84. The van der Waals surface area contributed by atoms with Crippen molar-refractivity contribution in [1.82, 2.24) is 10.3 Å². The summed E-state index contributed by atoms with van der Waals surface area (Å²) in [5.41, 5.74) is 3.60. The Hall–Kier alpha value is -1.19. The lowest BCUT2D eigenvalue weighted by atomic mass is 10.1. The molecule has 0 fully saturated rings. The summed E-state index contributed by atoms with van der Waals surface area (Å²) < 4.78 is 0. The van der Waals surface area contributed by atoms with Crippen molar-refractivity contribution in [3.63, 3.8) is 0 Å². The topological polar surface area (TPSA) is 24.9 Å². The van der Waals surface area contributed by atoms with Gasteiger partial charge >= 0.3 is 0 Å². The predicted molar refractivity (Wildman–Crippen MR) is 65.1 cm³/mol. The SMILES string of the molecule is CNCc1nc(-c2ccccc2C)cs1. The van der Waals surface area contributed by atoms with Crippen LogP contribution in [0.2, 0.25) is 0 Å². The monoisotopic (exact) mass is 218 g/mol. The highest BCUT2D eigenvalue weighted by molar-refractivity contribution is 7.09. The van der Waals surface area contributed by atoms with E-state index in [-0.39, 0.29) is 0 Å². The molecule has 1 heterocycles. The summed E-state index contributed by atoms with van der Waals surface area (Å²) in [6.07, 6.45) is 0. The van der Waals surface area contributed by atoms with Crippen LogP contribution >= 0.6 is 11.3 Å². The van der Waals surface area contributed by atoms with Gasteiger partial charge in [0.15, 0.2) is 0 Å². The highest BCUT2D eigenvalue weighted by Crippen LogP contribution is 2.24. The lowest BCUT2D eigenvalue weighted by molar-refractivity contribution is 0.811. The molecular weight excluding hydrogens is 204 g/mol.